The summed E-state index contributed by atoms with van der Waals surface area (Å²) in [5.41, 5.74) is 6.63. The molecule has 2 aromatic rings. The summed E-state index contributed by atoms with van der Waals surface area (Å²) < 4.78 is 5.27. The predicted molar refractivity (Wildman–Crippen MR) is 66.5 cm³/mol. The molecule has 2 aromatic heterocycles. The Kier molecular flexibility index (Phi) is 2.83. The van der Waals surface area contributed by atoms with Gasteiger partial charge in [-0.25, -0.2) is 0 Å². The monoisotopic (exact) mass is 244 g/mol. The van der Waals surface area contributed by atoms with Crippen LogP contribution >= 0.6 is 0 Å². The Morgan fingerprint density at radius 3 is 2.72 bits per heavy atom. The number of nitrogens with two attached hydrogens (primary N) is 1. The molecule has 5 heteroatoms. The van der Waals surface area contributed by atoms with Crippen molar-refractivity contribution in [2.24, 2.45) is 5.73 Å². The van der Waals surface area contributed by atoms with Crippen LogP contribution in [-0.2, 0) is 5.54 Å². The molecule has 0 radical (unpaired) electrons. The number of hydrogen-bond acceptors (Lipinski definition) is 5. The summed E-state index contributed by atoms with van der Waals surface area (Å²) in [5, 5.41) is 4.04. The number of pyridine rings is 1. The van der Waals surface area contributed by atoms with Crippen LogP contribution in [-0.4, -0.2) is 15.1 Å². The van der Waals surface area contributed by atoms with E-state index >= 15 is 0 Å². The molecule has 0 aromatic carbocycles. The first-order chi connectivity index (χ1) is 8.78. The number of hydrogen-bond donors (Lipinski definition) is 1. The third-order valence-corrected chi connectivity index (χ3v) is 3.50. The molecular formula is C13H16N4O. The van der Waals surface area contributed by atoms with Crippen LogP contribution in [0.5, 0.6) is 0 Å². The van der Waals surface area contributed by atoms with Crippen LogP contribution in [0.4, 0.5) is 0 Å². The van der Waals surface area contributed by atoms with E-state index < -0.39 is 5.54 Å². The highest BCUT2D eigenvalue weighted by Gasteiger charge is 2.34. The smallest absolute Gasteiger partial charge is 0.276 e. The molecule has 5 nitrogen and oxygen atoms in total. The first-order valence-electron chi connectivity index (χ1n) is 6.32. The lowest BCUT2D eigenvalue weighted by Crippen LogP contribution is -2.39. The van der Waals surface area contributed by atoms with Crippen molar-refractivity contribution in [2.75, 3.05) is 0 Å². The maximum absolute atomic E-state index is 6.37. The molecule has 0 aliphatic heterocycles. The standard InChI is InChI=1S/C13H16N4O/c14-13(7-3-1-4-8-13)12-16-11(18-17-12)10-6-2-5-9-15-10/h2,5-6,9H,1,3-4,7-8,14H2. The van der Waals surface area contributed by atoms with Crippen molar-refractivity contribution in [3.05, 3.63) is 30.2 Å². The van der Waals surface area contributed by atoms with E-state index in [-0.39, 0.29) is 0 Å². The van der Waals surface area contributed by atoms with Gasteiger partial charge in [0.2, 0.25) is 0 Å². The highest BCUT2D eigenvalue weighted by atomic mass is 16.5. The van der Waals surface area contributed by atoms with Gasteiger partial charge in [0.25, 0.3) is 5.89 Å². The first kappa shape index (κ1) is 11.3. The van der Waals surface area contributed by atoms with Gasteiger partial charge in [0.15, 0.2) is 5.82 Å². The molecule has 1 fully saturated rings. The van der Waals surface area contributed by atoms with E-state index in [0.29, 0.717) is 17.4 Å². The van der Waals surface area contributed by atoms with Crippen LogP contribution in [0.25, 0.3) is 11.6 Å². The van der Waals surface area contributed by atoms with E-state index in [1.807, 2.05) is 18.2 Å². The zero-order chi connectivity index (χ0) is 12.4. The number of aromatic nitrogens is 3. The molecule has 3 rings (SSSR count). The summed E-state index contributed by atoms with van der Waals surface area (Å²) in [6.45, 7) is 0. The van der Waals surface area contributed by atoms with E-state index in [1.165, 1.54) is 6.42 Å². The Morgan fingerprint density at radius 1 is 1.17 bits per heavy atom. The molecule has 0 bridgehead atoms. The van der Waals surface area contributed by atoms with E-state index in [1.54, 1.807) is 6.20 Å². The lowest BCUT2D eigenvalue weighted by molar-refractivity contribution is 0.275. The van der Waals surface area contributed by atoms with Gasteiger partial charge >= 0.3 is 0 Å². The first-order valence-corrected chi connectivity index (χ1v) is 6.32. The second-order valence-electron chi connectivity index (χ2n) is 4.85. The fraction of sp³-hybridized carbons (Fsp3) is 0.462. The van der Waals surface area contributed by atoms with Crippen molar-refractivity contribution in [3.63, 3.8) is 0 Å². The molecule has 0 atom stereocenters. The number of rotatable bonds is 2. The summed E-state index contributed by atoms with van der Waals surface area (Å²) in [4.78, 5) is 8.60. The van der Waals surface area contributed by atoms with Gasteiger partial charge < -0.3 is 10.3 Å². The lowest BCUT2D eigenvalue weighted by Gasteiger charge is -2.29. The van der Waals surface area contributed by atoms with E-state index in [0.717, 1.165) is 25.7 Å². The third-order valence-electron chi connectivity index (χ3n) is 3.50. The third kappa shape index (κ3) is 2.01. The number of nitrogens with zero attached hydrogens (tertiary/aromatic N) is 3. The van der Waals surface area contributed by atoms with E-state index in [9.17, 15) is 0 Å². The molecule has 1 aliphatic rings. The highest BCUT2D eigenvalue weighted by Crippen LogP contribution is 2.33. The molecule has 94 valence electrons. The van der Waals surface area contributed by atoms with Gasteiger partial charge in [-0.15, -0.1) is 0 Å². The Labute approximate surface area is 105 Å². The maximum atomic E-state index is 6.37. The van der Waals surface area contributed by atoms with Crippen molar-refractivity contribution in [1.82, 2.24) is 15.1 Å². The zero-order valence-corrected chi connectivity index (χ0v) is 10.2. The molecule has 2 N–H and O–H groups in total. The summed E-state index contributed by atoms with van der Waals surface area (Å²) >= 11 is 0. The van der Waals surface area contributed by atoms with Crippen LogP contribution in [0.1, 0.15) is 37.9 Å². The topological polar surface area (TPSA) is 77.8 Å². The molecular weight excluding hydrogens is 228 g/mol. The van der Waals surface area contributed by atoms with Crippen molar-refractivity contribution >= 4 is 0 Å². The Bertz CT molecular complexity index is 517. The minimum absolute atomic E-state index is 0.422. The molecule has 0 spiro atoms. The Morgan fingerprint density at radius 2 is 2.00 bits per heavy atom. The lowest BCUT2D eigenvalue weighted by atomic mass is 9.82. The van der Waals surface area contributed by atoms with Gasteiger partial charge in [-0.05, 0) is 25.0 Å². The summed E-state index contributed by atoms with van der Waals surface area (Å²) in [5.74, 6) is 1.06. The second-order valence-corrected chi connectivity index (χ2v) is 4.85. The summed E-state index contributed by atoms with van der Waals surface area (Å²) in [7, 11) is 0. The largest absolute Gasteiger partial charge is 0.332 e. The maximum Gasteiger partial charge on any atom is 0.276 e. The Hall–Kier alpha value is -1.75. The highest BCUT2D eigenvalue weighted by molar-refractivity contribution is 5.45. The molecule has 0 saturated heterocycles. The van der Waals surface area contributed by atoms with Crippen LogP contribution in [0.2, 0.25) is 0 Å². The molecule has 0 unspecified atom stereocenters. The molecule has 1 saturated carbocycles. The zero-order valence-electron chi connectivity index (χ0n) is 10.2. The minimum atomic E-state index is -0.422. The van der Waals surface area contributed by atoms with Crippen molar-refractivity contribution in [1.29, 1.82) is 0 Å². The van der Waals surface area contributed by atoms with Crippen LogP contribution in [0.3, 0.4) is 0 Å². The van der Waals surface area contributed by atoms with Gasteiger partial charge in [0, 0.05) is 6.20 Å². The van der Waals surface area contributed by atoms with Crippen LogP contribution < -0.4 is 5.73 Å². The molecule has 2 heterocycles. The minimum Gasteiger partial charge on any atom is -0.332 e. The van der Waals surface area contributed by atoms with Gasteiger partial charge in [-0.1, -0.05) is 30.5 Å². The van der Waals surface area contributed by atoms with Gasteiger partial charge in [-0.3, -0.25) is 4.98 Å². The normalized spacial score (nSPS) is 18.7. The average Bonchev–Trinajstić information content (AvgIpc) is 2.91. The van der Waals surface area contributed by atoms with Gasteiger partial charge in [-0.2, -0.15) is 4.98 Å². The van der Waals surface area contributed by atoms with E-state index in [2.05, 4.69) is 15.1 Å². The Balaban J connectivity index is 1.89. The fourth-order valence-corrected chi connectivity index (χ4v) is 2.43. The predicted octanol–water partition coefficient (Wildman–Crippen LogP) is 2.25. The average molecular weight is 244 g/mol. The SMILES string of the molecule is NC1(c2noc(-c3ccccn3)n2)CCCCC1. The summed E-state index contributed by atoms with van der Waals surface area (Å²) in [6, 6.07) is 5.60. The van der Waals surface area contributed by atoms with Crippen molar-refractivity contribution in [2.45, 2.75) is 37.6 Å². The van der Waals surface area contributed by atoms with Gasteiger partial charge in [0.05, 0.1) is 5.54 Å². The molecule has 18 heavy (non-hydrogen) atoms. The molecule has 1 aliphatic carbocycles. The molecule has 0 amide bonds. The second kappa shape index (κ2) is 4.49. The van der Waals surface area contributed by atoms with E-state index in [4.69, 9.17) is 10.3 Å². The summed E-state index contributed by atoms with van der Waals surface area (Å²) in [6.07, 6.45) is 7.05. The van der Waals surface area contributed by atoms with Crippen molar-refractivity contribution < 1.29 is 4.52 Å². The quantitative estimate of drug-likeness (QED) is 0.876. The van der Waals surface area contributed by atoms with Gasteiger partial charge in [0.1, 0.15) is 5.69 Å². The van der Waals surface area contributed by atoms with Crippen LogP contribution in [0, 0.1) is 0 Å². The fourth-order valence-electron chi connectivity index (χ4n) is 2.43. The van der Waals surface area contributed by atoms with Crippen molar-refractivity contribution in [3.8, 4) is 11.6 Å². The van der Waals surface area contributed by atoms with Crippen LogP contribution in [0.15, 0.2) is 28.9 Å².